The third-order valence-corrected chi connectivity index (χ3v) is 2.07. The topological polar surface area (TPSA) is 51.2 Å². The summed E-state index contributed by atoms with van der Waals surface area (Å²) in [6.45, 7) is 0. The monoisotopic (exact) mass is 218 g/mol. The number of benzene rings is 1. The van der Waals surface area contributed by atoms with E-state index >= 15 is 0 Å². The van der Waals surface area contributed by atoms with Gasteiger partial charge in [0, 0.05) is 5.56 Å². The van der Waals surface area contributed by atoms with E-state index in [1.807, 2.05) is 36.4 Å². The summed E-state index contributed by atoms with van der Waals surface area (Å²) in [5.41, 5.74) is 7.22. The van der Waals surface area contributed by atoms with E-state index in [0.29, 0.717) is 0 Å². The van der Waals surface area contributed by atoms with Crippen molar-refractivity contribution in [3.05, 3.63) is 42.7 Å². The normalized spacial score (nSPS) is 9.87. The lowest BCUT2D eigenvalue weighted by molar-refractivity contribution is 0.582. The third kappa shape index (κ3) is 2.16. The molecule has 0 radical (unpaired) electrons. The first-order valence-corrected chi connectivity index (χ1v) is 4.87. The van der Waals surface area contributed by atoms with Crippen molar-refractivity contribution in [2.75, 3.05) is 5.32 Å². The second kappa shape index (κ2) is 4.14. The molecule has 0 saturated heterocycles. The minimum Gasteiger partial charge on any atom is -0.464 e. The number of rotatable bonds is 2. The summed E-state index contributed by atoms with van der Waals surface area (Å²) >= 11 is 4.80. The lowest BCUT2D eigenvalue weighted by Gasteiger charge is -2.08. The van der Waals surface area contributed by atoms with E-state index in [2.05, 4.69) is 5.32 Å². The molecule has 0 fully saturated rings. The molecular weight excluding hydrogens is 208 g/mol. The molecule has 1 heterocycles. The van der Waals surface area contributed by atoms with Crippen LogP contribution in [0.2, 0.25) is 0 Å². The number of hydrogen-bond donors (Lipinski definition) is 2. The highest BCUT2D eigenvalue weighted by atomic mass is 32.1. The van der Waals surface area contributed by atoms with Crippen molar-refractivity contribution in [2.45, 2.75) is 0 Å². The molecule has 0 atom stereocenters. The summed E-state index contributed by atoms with van der Waals surface area (Å²) < 4.78 is 5.32. The Morgan fingerprint density at radius 2 is 2.00 bits per heavy atom. The Labute approximate surface area is 92.9 Å². The number of para-hydroxylation sites is 1. The van der Waals surface area contributed by atoms with Gasteiger partial charge in [0.2, 0.25) is 0 Å². The van der Waals surface area contributed by atoms with Gasteiger partial charge in [0.25, 0.3) is 0 Å². The minimum atomic E-state index is 0.244. The van der Waals surface area contributed by atoms with Crippen LogP contribution in [-0.2, 0) is 0 Å². The van der Waals surface area contributed by atoms with Crippen molar-refractivity contribution < 1.29 is 4.42 Å². The summed E-state index contributed by atoms with van der Waals surface area (Å²) in [4.78, 5) is 0. The summed E-state index contributed by atoms with van der Waals surface area (Å²) in [7, 11) is 0. The summed E-state index contributed by atoms with van der Waals surface area (Å²) in [5.74, 6) is 0.786. The van der Waals surface area contributed by atoms with E-state index < -0.39 is 0 Å². The number of nitrogens with one attached hydrogen (secondary N) is 1. The van der Waals surface area contributed by atoms with Gasteiger partial charge >= 0.3 is 0 Å². The SMILES string of the molecule is NC(=S)Nc1ccccc1-c1ccco1. The van der Waals surface area contributed by atoms with E-state index in [1.54, 1.807) is 6.26 Å². The molecule has 1 aromatic carbocycles. The van der Waals surface area contributed by atoms with Crippen LogP contribution in [0.15, 0.2) is 47.1 Å². The highest BCUT2D eigenvalue weighted by Gasteiger charge is 2.06. The number of nitrogens with two attached hydrogens (primary N) is 1. The van der Waals surface area contributed by atoms with E-state index in [9.17, 15) is 0 Å². The predicted molar refractivity (Wildman–Crippen MR) is 64.6 cm³/mol. The van der Waals surface area contributed by atoms with Crippen molar-refractivity contribution in [2.24, 2.45) is 5.73 Å². The molecule has 0 unspecified atom stereocenters. The molecule has 76 valence electrons. The zero-order chi connectivity index (χ0) is 10.7. The Morgan fingerprint density at radius 3 is 2.67 bits per heavy atom. The number of thiocarbonyl (C=S) groups is 1. The van der Waals surface area contributed by atoms with Gasteiger partial charge in [-0.2, -0.15) is 0 Å². The molecule has 0 bridgehead atoms. The molecule has 2 aromatic rings. The second-order valence-electron chi connectivity index (χ2n) is 3.01. The van der Waals surface area contributed by atoms with Crippen LogP contribution in [-0.4, -0.2) is 5.11 Å². The third-order valence-electron chi connectivity index (χ3n) is 1.97. The molecule has 0 spiro atoms. The van der Waals surface area contributed by atoms with Crippen molar-refractivity contribution in [3.63, 3.8) is 0 Å². The fraction of sp³-hybridized carbons (Fsp3) is 0. The standard InChI is InChI=1S/C11H10N2OS/c12-11(15)13-9-5-2-1-4-8(9)10-6-3-7-14-10/h1-7H,(H3,12,13,15). The van der Waals surface area contributed by atoms with Gasteiger partial charge in [-0.3, -0.25) is 0 Å². The lowest BCUT2D eigenvalue weighted by Crippen LogP contribution is -2.19. The predicted octanol–water partition coefficient (Wildman–Crippen LogP) is 2.60. The highest BCUT2D eigenvalue weighted by molar-refractivity contribution is 7.80. The van der Waals surface area contributed by atoms with Crippen LogP contribution in [0, 0.1) is 0 Å². The molecule has 0 aliphatic rings. The van der Waals surface area contributed by atoms with Crippen molar-refractivity contribution in [1.82, 2.24) is 0 Å². The number of hydrogen-bond acceptors (Lipinski definition) is 2. The van der Waals surface area contributed by atoms with E-state index in [1.165, 1.54) is 0 Å². The van der Waals surface area contributed by atoms with Crippen LogP contribution in [0.5, 0.6) is 0 Å². The largest absolute Gasteiger partial charge is 0.464 e. The summed E-state index contributed by atoms with van der Waals surface area (Å²) in [5, 5.41) is 3.16. The molecule has 3 nitrogen and oxygen atoms in total. The van der Waals surface area contributed by atoms with Gasteiger partial charge in [0.15, 0.2) is 5.11 Å². The molecule has 0 saturated carbocycles. The Kier molecular flexibility index (Phi) is 2.69. The zero-order valence-corrected chi connectivity index (χ0v) is 8.75. The van der Waals surface area contributed by atoms with Gasteiger partial charge in [-0.15, -0.1) is 0 Å². The first-order valence-electron chi connectivity index (χ1n) is 4.47. The maximum Gasteiger partial charge on any atom is 0.168 e. The molecule has 3 N–H and O–H groups in total. The Balaban J connectivity index is 2.42. The second-order valence-corrected chi connectivity index (χ2v) is 3.45. The summed E-state index contributed by atoms with van der Waals surface area (Å²) in [6.07, 6.45) is 1.63. The average molecular weight is 218 g/mol. The first kappa shape index (κ1) is 9.73. The van der Waals surface area contributed by atoms with Crippen LogP contribution >= 0.6 is 12.2 Å². The minimum absolute atomic E-state index is 0.244. The number of anilines is 1. The van der Waals surface area contributed by atoms with Crippen molar-refractivity contribution in [1.29, 1.82) is 0 Å². The van der Waals surface area contributed by atoms with Gasteiger partial charge in [0.1, 0.15) is 5.76 Å². The van der Waals surface area contributed by atoms with Crippen LogP contribution in [0.25, 0.3) is 11.3 Å². The van der Waals surface area contributed by atoms with Crippen LogP contribution < -0.4 is 11.1 Å². The van der Waals surface area contributed by atoms with Crippen molar-refractivity contribution in [3.8, 4) is 11.3 Å². The van der Waals surface area contributed by atoms with Gasteiger partial charge in [-0.1, -0.05) is 12.1 Å². The Bertz CT molecular complexity index is 465. The quantitative estimate of drug-likeness (QED) is 0.761. The van der Waals surface area contributed by atoms with Gasteiger partial charge < -0.3 is 15.5 Å². The molecule has 0 aliphatic heterocycles. The Hall–Kier alpha value is -1.81. The molecular formula is C11H10N2OS. The van der Waals surface area contributed by atoms with E-state index in [-0.39, 0.29) is 5.11 Å². The maximum absolute atomic E-state index is 5.44. The zero-order valence-electron chi connectivity index (χ0n) is 7.94. The smallest absolute Gasteiger partial charge is 0.168 e. The molecule has 4 heteroatoms. The van der Waals surface area contributed by atoms with Crippen molar-refractivity contribution >= 4 is 23.0 Å². The first-order chi connectivity index (χ1) is 7.27. The van der Waals surface area contributed by atoms with Gasteiger partial charge in [-0.05, 0) is 36.5 Å². The molecule has 1 aromatic heterocycles. The molecule has 2 rings (SSSR count). The summed E-state index contributed by atoms with van der Waals surface area (Å²) in [6, 6.07) is 11.4. The van der Waals surface area contributed by atoms with Crippen LogP contribution in [0.3, 0.4) is 0 Å². The highest BCUT2D eigenvalue weighted by Crippen LogP contribution is 2.27. The van der Waals surface area contributed by atoms with Gasteiger partial charge in [-0.25, -0.2) is 0 Å². The fourth-order valence-corrected chi connectivity index (χ4v) is 1.48. The van der Waals surface area contributed by atoms with Gasteiger partial charge in [0.05, 0.1) is 12.0 Å². The molecule has 0 aliphatic carbocycles. The fourth-order valence-electron chi connectivity index (χ4n) is 1.37. The average Bonchev–Trinajstić information content (AvgIpc) is 2.70. The van der Waals surface area contributed by atoms with E-state index in [0.717, 1.165) is 17.0 Å². The molecule has 0 amide bonds. The van der Waals surface area contributed by atoms with Crippen LogP contribution in [0.1, 0.15) is 0 Å². The lowest BCUT2D eigenvalue weighted by atomic mass is 10.1. The Morgan fingerprint density at radius 1 is 1.20 bits per heavy atom. The van der Waals surface area contributed by atoms with E-state index in [4.69, 9.17) is 22.4 Å². The molecule has 15 heavy (non-hydrogen) atoms. The number of furan rings is 1. The maximum atomic E-state index is 5.44. The van der Waals surface area contributed by atoms with Crippen LogP contribution in [0.4, 0.5) is 5.69 Å².